The normalized spacial score (nSPS) is 12.8. The average molecular weight is 373 g/mol. The van der Waals surface area contributed by atoms with Crippen LogP contribution in [0.2, 0.25) is 0 Å². The summed E-state index contributed by atoms with van der Waals surface area (Å²) in [5, 5.41) is 2.73. The second-order valence-corrected chi connectivity index (χ2v) is 6.47. The number of benzene rings is 2. The summed E-state index contributed by atoms with van der Waals surface area (Å²) in [6.45, 7) is 6.79. The Morgan fingerprint density at radius 1 is 1.07 bits per heavy atom. The Balaban J connectivity index is 1.83. The van der Waals surface area contributed by atoms with Gasteiger partial charge in [-0.25, -0.2) is 9.18 Å². The molecule has 5 nitrogen and oxygen atoms in total. The van der Waals surface area contributed by atoms with Gasteiger partial charge >= 0.3 is 5.97 Å². The maximum absolute atomic E-state index is 13.0. The molecule has 0 fully saturated rings. The molecule has 144 valence electrons. The maximum Gasteiger partial charge on any atom is 0.344 e. The van der Waals surface area contributed by atoms with Gasteiger partial charge < -0.3 is 14.8 Å². The summed E-state index contributed by atoms with van der Waals surface area (Å²) in [4.78, 5) is 24.2. The van der Waals surface area contributed by atoms with Crippen LogP contribution in [-0.2, 0) is 14.3 Å². The highest BCUT2D eigenvalue weighted by molar-refractivity contribution is 5.84. The van der Waals surface area contributed by atoms with Crippen LogP contribution < -0.4 is 10.1 Å². The number of carbonyl (C=O) groups is 2. The number of hydrogen-bond acceptors (Lipinski definition) is 4. The summed E-state index contributed by atoms with van der Waals surface area (Å²) in [7, 11) is 0. The smallest absolute Gasteiger partial charge is 0.344 e. The quantitative estimate of drug-likeness (QED) is 0.753. The highest BCUT2D eigenvalue weighted by atomic mass is 19.1. The van der Waals surface area contributed by atoms with Crippen molar-refractivity contribution in [2.75, 3.05) is 6.61 Å². The fourth-order valence-electron chi connectivity index (χ4n) is 2.45. The van der Waals surface area contributed by atoms with Crippen LogP contribution in [0.15, 0.2) is 42.5 Å². The molecule has 2 atom stereocenters. The van der Waals surface area contributed by atoms with E-state index in [-0.39, 0.29) is 18.5 Å². The molecule has 0 spiro atoms. The first-order valence-electron chi connectivity index (χ1n) is 8.71. The van der Waals surface area contributed by atoms with Gasteiger partial charge in [0.1, 0.15) is 11.6 Å². The molecule has 0 heterocycles. The molecule has 0 aliphatic heterocycles. The zero-order valence-electron chi connectivity index (χ0n) is 15.9. The lowest BCUT2D eigenvalue weighted by atomic mass is 10.1. The SMILES string of the molecule is Cc1ccc(C)c(OCC(=O)OC(C)C(=O)NC(C)c2ccc(F)cc2)c1. The van der Waals surface area contributed by atoms with E-state index in [1.54, 1.807) is 19.1 Å². The van der Waals surface area contributed by atoms with E-state index >= 15 is 0 Å². The van der Waals surface area contributed by atoms with Crippen molar-refractivity contribution in [1.82, 2.24) is 5.32 Å². The zero-order chi connectivity index (χ0) is 20.0. The second kappa shape index (κ2) is 9.16. The highest BCUT2D eigenvalue weighted by Crippen LogP contribution is 2.19. The standard InChI is InChI=1S/C21H24FNO4/c1-13-5-6-14(2)19(11-13)26-12-20(24)27-16(4)21(25)23-15(3)17-7-9-18(22)10-8-17/h5-11,15-16H,12H2,1-4H3,(H,23,25). The third kappa shape index (κ3) is 6.09. The van der Waals surface area contributed by atoms with Crippen molar-refractivity contribution in [1.29, 1.82) is 0 Å². The molecular formula is C21H24FNO4. The van der Waals surface area contributed by atoms with Gasteiger partial charge in [0, 0.05) is 0 Å². The van der Waals surface area contributed by atoms with Crippen LogP contribution >= 0.6 is 0 Å². The van der Waals surface area contributed by atoms with Crippen molar-refractivity contribution in [3.8, 4) is 5.75 Å². The Hall–Kier alpha value is -2.89. The Morgan fingerprint density at radius 3 is 2.41 bits per heavy atom. The van der Waals surface area contributed by atoms with E-state index in [9.17, 15) is 14.0 Å². The van der Waals surface area contributed by atoms with Gasteiger partial charge in [-0.2, -0.15) is 0 Å². The molecule has 0 aliphatic rings. The summed E-state index contributed by atoms with van der Waals surface area (Å²) < 4.78 is 23.6. The van der Waals surface area contributed by atoms with Crippen molar-refractivity contribution >= 4 is 11.9 Å². The lowest BCUT2D eigenvalue weighted by molar-refractivity contribution is -0.156. The monoisotopic (exact) mass is 373 g/mol. The van der Waals surface area contributed by atoms with Gasteiger partial charge in [-0.15, -0.1) is 0 Å². The molecule has 2 unspecified atom stereocenters. The van der Waals surface area contributed by atoms with Crippen molar-refractivity contribution in [2.45, 2.75) is 39.8 Å². The van der Waals surface area contributed by atoms with Crippen LogP contribution in [0.25, 0.3) is 0 Å². The van der Waals surface area contributed by atoms with Crippen LogP contribution in [0.3, 0.4) is 0 Å². The van der Waals surface area contributed by atoms with E-state index in [2.05, 4.69) is 5.32 Å². The fraction of sp³-hybridized carbons (Fsp3) is 0.333. The molecule has 2 aromatic carbocycles. The van der Waals surface area contributed by atoms with Crippen molar-refractivity contribution in [2.24, 2.45) is 0 Å². The molecule has 0 bridgehead atoms. The summed E-state index contributed by atoms with van der Waals surface area (Å²) in [6, 6.07) is 11.2. The van der Waals surface area contributed by atoms with E-state index in [1.165, 1.54) is 19.1 Å². The van der Waals surface area contributed by atoms with Crippen LogP contribution in [0.4, 0.5) is 4.39 Å². The van der Waals surface area contributed by atoms with Gasteiger partial charge in [0.25, 0.3) is 5.91 Å². The molecule has 0 saturated carbocycles. The zero-order valence-corrected chi connectivity index (χ0v) is 15.9. The molecule has 0 radical (unpaired) electrons. The second-order valence-electron chi connectivity index (χ2n) is 6.47. The Kier molecular flexibility index (Phi) is 6.93. The van der Waals surface area contributed by atoms with E-state index in [0.29, 0.717) is 5.75 Å². The molecule has 2 rings (SSSR count). The lowest BCUT2D eigenvalue weighted by Crippen LogP contribution is -2.38. The summed E-state index contributed by atoms with van der Waals surface area (Å²) in [5.41, 5.74) is 2.68. The summed E-state index contributed by atoms with van der Waals surface area (Å²) >= 11 is 0. The first-order valence-corrected chi connectivity index (χ1v) is 8.71. The third-order valence-corrected chi connectivity index (χ3v) is 4.10. The lowest BCUT2D eigenvalue weighted by Gasteiger charge is -2.18. The molecule has 1 amide bonds. The van der Waals surface area contributed by atoms with Crippen molar-refractivity contribution in [3.63, 3.8) is 0 Å². The minimum atomic E-state index is -0.970. The van der Waals surface area contributed by atoms with Crippen LogP contribution in [0.5, 0.6) is 5.75 Å². The van der Waals surface area contributed by atoms with Crippen molar-refractivity contribution in [3.05, 3.63) is 65.0 Å². The van der Waals surface area contributed by atoms with Gasteiger partial charge in [-0.05, 0) is 62.6 Å². The summed E-state index contributed by atoms with van der Waals surface area (Å²) in [5.74, 6) is -0.808. The van der Waals surface area contributed by atoms with E-state index in [4.69, 9.17) is 9.47 Å². The van der Waals surface area contributed by atoms with Crippen molar-refractivity contribution < 1.29 is 23.5 Å². The van der Waals surface area contributed by atoms with Gasteiger partial charge in [0.15, 0.2) is 12.7 Å². The number of ether oxygens (including phenoxy) is 2. The van der Waals surface area contributed by atoms with Crippen LogP contribution in [0, 0.1) is 19.7 Å². The molecule has 1 N–H and O–H groups in total. The highest BCUT2D eigenvalue weighted by Gasteiger charge is 2.20. The minimum absolute atomic E-state index is 0.282. The molecule has 27 heavy (non-hydrogen) atoms. The minimum Gasteiger partial charge on any atom is -0.482 e. The Morgan fingerprint density at radius 2 is 1.74 bits per heavy atom. The maximum atomic E-state index is 13.0. The number of nitrogens with one attached hydrogen (secondary N) is 1. The first kappa shape index (κ1) is 20.4. The fourth-order valence-corrected chi connectivity index (χ4v) is 2.45. The third-order valence-electron chi connectivity index (χ3n) is 4.10. The van der Waals surface area contributed by atoms with E-state index in [0.717, 1.165) is 16.7 Å². The van der Waals surface area contributed by atoms with Gasteiger partial charge in [-0.3, -0.25) is 4.79 Å². The molecule has 6 heteroatoms. The van der Waals surface area contributed by atoms with Crippen LogP contribution in [-0.4, -0.2) is 24.6 Å². The molecule has 0 saturated heterocycles. The largest absolute Gasteiger partial charge is 0.482 e. The van der Waals surface area contributed by atoms with Gasteiger partial charge in [0.05, 0.1) is 6.04 Å². The predicted octanol–water partition coefficient (Wildman–Crippen LogP) is 3.63. The number of amides is 1. The molecular weight excluding hydrogens is 349 g/mol. The Bertz CT molecular complexity index is 804. The first-order chi connectivity index (χ1) is 12.8. The summed E-state index contributed by atoms with van der Waals surface area (Å²) in [6.07, 6.45) is -0.970. The Labute approximate surface area is 158 Å². The number of esters is 1. The average Bonchev–Trinajstić information content (AvgIpc) is 2.62. The predicted molar refractivity (Wildman–Crippen MR) is 99.9 cm³/mol. The number of carbonyl (C=O) groups excluding carboxylic acids is 2. The molecule has 0 aromatic heterocycles. The van der Waals surface area contributed by atoms with Crippen LogP contribution in [0.1, 0.15) is 36.6 Å². The number of aryl methyl sites for hydroxylation is 2. The number of halogens is 1. The topological polar surface area (TPSA) is 64.6 Å². The number of hydrogen-bond donors (Lipinski definition) is 1. The van der Waals surface area contributed by atoms with E-state index in [1.807, 2.05) is 32.0 Å². The van der Waals surface area contributed by atoms with Gasteiger partial charge in [0.2, 0.25) is 0 Å². The molecule has 2 aromatic rings. The molecule has 0 aliphatic carbocycles. The van der Waals surface area contributed by atoms with Gasteiger partial charge in [-0.1, -0.05) is 24.3 Å². The van der Waals surface area contributed by atoms with E-state index < -0.39 is 18.0 Å². The number of rotatable bonds is 7.